The average molecular weight is 348 g/mol. The minimum absolute atomic E-state index is 0.357. The third-order valence-electron chi connectivity index (χ3n) is 5.49. The lowest BCUT2D eigenvalue weighted by Gasteiger charge is -2.17. The normalized spacial score (nSPS) is 16.9. The second-order valence-corrected chi connectivity index (χ2v) is 8.26. The Kier molecular flexibility index (Phi) is 6.87. The summed E-state index contributed by atoms with van der Waals surface area (Å²) in [5.41, 5.74) is 17.4. The van der Waals surface area contributed by atoms with Crippen molar-refractivity contribution in [3.05, 3.63) is 28.3 Å². The lowest BCUT2D eigenvalue weighted by molar-refractivity contribution is 0.550. The van der Waals surface area contributed by atoms with Crippen LogP contribution in [0.3, 0.4) is 0 Å². The molecule has 24 heavy (non-hydrogen) atoms. The van der Waals surface area contributed by atoms with E-state index >= 15 is 0 Å². The van der Waals surface area contributed by atoms with Crippen LogP contribution in [0.4, 0.5) is 5.69 Å². The van der Waals surface area contributed by atoms with E-state index in [-0.39, 0.29) is 0 Å². The molecule has 0 saturated heterocycles. The molecule has 4 N–H and O–H groups in total. The predicted octanol–water partition coefficient (Wildman–Crippen LogP) is 4.53. The molecule has 1 aromatic rings. The summed E-state index contributed by atoms with van der Waals surface area (Å²) in [7, 11) is 0. The first-order valence-corrected chi connectivity index (χ1v) is 10.8. The number of nitrogens with one attached hydrogen (secondary N) is 2. The number of rotatable bonds is 10. The van der Waals surface area contributed by atoms with E-state index in [9.17, 15) is 0 Å². The summed E-state index contributed by atoms with van der Waals surface area (Å²) in [6.45, 7) is 2.24. The molecule has 4 heteroatoms. The molecule has 1 aromatic carbocycles. The molecule has 0 bridgehead atoms. The third kappa shape index (κ3) is 4.47. The summed E-state index contributed by atoms with van der Waals surface area (Å²) in [6, 6.07) is 2.84. The Bertz CT molecular complexity index is 512. The van der Waals surface area contributed by atoms with E-state index in [2.05, 4.69) is 23.2 Å². The molecule has 1 atom stereocenters. The predicted molar refractivity (Wildman–Crippen MR) is 106 cm³/mol. The summed E-state index contributed by atoms with van der Waals surface area (Å²) in [4.78, 5) is 3.39. The van der Waals surface area contributed by atoms with Crippen molar-refractivity contribution < 1.29 is 0 Å². The maximum Gasteiger partial charge on any atom is 0.0566 e. The molecule has 2 aliphatic carbocycles. The summed E-state index contributed by atoms with van der Waals surface area (Å²) < 4.78 is 0. The van der Waals surface area contributed by atoms with Gasteiger partial charge in [-0.1, -0.05) is 44.2 Å². The molecular weight excluding hydrogens is 314 g/mol. The van der Waals surface area contributed by atoms with Gasteiger partial charge in [0.2, 0.25) is 0 Å². The molecule has 3 nitrogen and oxygen atoms in total. The largest absolute Gasteiger partial charge is 0.328 e. The molecule has 134 valence electrons. The fourth-order valence-corrected chi connectivity index (χ4v) is 4.81. The van der Waals surface area contributed by atoms with Crippen LogP contribution in [0.5, 0.6) is 0 Å². The number of benzene rings is 1. The number of anilines is 1. The highest BCUT2D eigenvalue weighted by atomic mass is 32.2. The molecule has 0 fully saturated rings. The molecule has 2 aliphatic rings. The summed E-state index contributed by atoms with van der Waals surface area (Å²) >= 11 is 1.77. The SMILES string of the molecule is CCCCCC(N)CCSNNc1c2c(cc3c1CCC3)CCC2. The van der Waals surface area contributed by atoms with E-state index in [0.29, 0.717) is 6.04 Å². The Morgan fingerprint density at radius 3 is 2.42 bits per heavy atom. The number of hydrogen-bond donors (Lipinski definition) is 3. The molecule has 0 radical (unpaired) electrons. The van der Waals surface area contributed by atoms with Crippen molar-refractivity contribution in [2.24, 2.45) is 5.73 Å². The van der Waals surface area contributed by atoms with E-state index in [1.54, 1.807) is 34.2 Å². The molecule has 0 amide bonds. The van der Waals surface area contributed by atoms with Gasteiger partial charge in [-0.2, -0.15) is 4.83 Å². The molecule has 0 aliphatic heterocycles. The Morgan fingerprint density at radius 1 is 1.04 bits per heavy atom. The van der Waals surface area contributed by atoms with E-state index in [1.165, 1.54) is 69.9 Å². The van der Waals surface area contributed by atoms with Crippen molar-refractivity contribution in [2.45, 2.75) is 83.6 Å². The number of aryl methyl sites for hydroxylation is 2. The minimum Gasteiger partial charge on any atom is -0.328 e. The van der Waals surface area contributed by atoms with Gasteiger partial charge in [-0.05, 0) is 73.6 Å². The first-order valence-electron chi connectivity index (χ1n) is 9.84. The van der Waals surface area contributed by atoms with Crippen molar-refractivity contribution in [1.82, 2.24) is 4.83 Å². The quantitative estimate of drug-likeness (QED) is 0.331. The zero-order chi connectivity index (χ0) is 16.8. The lowest BCUT2D eigenvalue weighted by atomic mass is 9.99. The van der Waals surface area contributed by atoms with Gasteiger partial charge in [0, 0.05) is 11.8 Å². The van der Waals surface area contributed by atoms with E-state index in [1.807, 2.05) is 0 Å². The van der Waals surface area contributed by atoms with Gasteiger partial charge in [0.1, 0.15) is 0 Å². The van der Waals surface area contributed by atoms with Gasteiger partial charge in [-0.3, -0.25) is 0 Å². The topological polar surface area (TPSA) is 50.1 Å². The Balaban J connectivity index is 1.44. The third-order valence-corrected chi connectivity index (χ3v) is 6.18. The molecular formula is C20H33N3S. The van der Waals surface area contributed by atoms with Crippen LogP contribution in [0.15, 0.2) is 6.07 Å². The van der Waals surface area contributed by atoms with Crippen molar-refractivity contribution in [2.75, 3.05) is 11.2 Å². The smallest absolute Gasteiger partial charge is 0.0566 e. The van der Waals surface area contributed by atoms with Crippen molar-refractivity contribution in [3.63, 3.8) is 0 Å². The summed E-state index contributed by atoms with van der Waals surface area (Å²) in [5.74, 6) is 1.07. The average Bonchev–Trinajstić information content (AvgIpc) is 3.22. The van der Waals surface area contributed by atoms with Crippen LogP contribution in [-0.4, -0.2) is 11.8 Å². The highest BCUT2D eigenvalue weighted by molar-refractivity contribution is 7.97. The van der Waals surface area contributed by atoms with E-state index in [0.717, 1.165) is 12.2 Å². The molecule has 0 spiro atoms. The first kappa shape index (κ1) is 18.1. The fourth-order valence-electron chi connectivity index (χ4n) is 4.12. The van der Waals surface area contributed by atoms with Gasteiger partial charge >= 0.3 is 0 Å². The maximum absolute atomic E-state index is 6.19. The molecule has 1 unspecified atom stereocenters. The van der Waals surface area contributed by atoms with Crippen LogP contribution in [-0.2, 0) is 25.7 Å². The van der Waals surface area contributed by atoms with Crippen LogP contribution in [0.25, 0.3) is 0 Å². The van der Waals surface area contributed by atoms with Crippen LogP contribution < -0.4 is 16.0 Å². The van der Waals surface area contributed by atoms with E-state index in [4.69, 9.17) is 5.73 Å². The zero-order valence-corrected chi connectivity index (χ0v) is 15.9. The first-order chi connectivity index (χ1) is 11.8. The van der Waals surface area contributed by atoms with Crippen LogP contribution in [0.1, 0.15) is 74.1 Å². The van der Waals surface area contributed by atoms with Gasteiger partial charge in [0.15, 0.2) is 0 Å². The minimum atomic E-state index is 0.357. The number of hydrazine groups is 1. The van der Waals surface area contributed by atoms with Gasteiger partial charge < -0.3 is 11.2 Å². The molecule has 0 aromatic heterocycles. The van der Waals surface area contributed by atoms with Gasteiger partial charge in [-0.25, -0.2) is 0 Å². The number of hydrogen-bond acceptors (Lipinski definition) is 4. The second kappa shape index (κ2) is 9.12. The van der Waals surface area contributed by atoms with Crippen molar-refractivity contribution in [1.29, 1.82) is 0 Å². The highest BCUT2D eigenvalue weighted by Gasteiger charge is 2.23. The standard InChI is InChI=1S/C20H33N3S/c1-2-3-4-9-17(21)12-13-24-23-22-20-18-10-5-7-15(18)14-16-8-6-11-19(16)20/h14,17,22-23H,2-13,21H2,1H3. The van der Waals surface area contributed by atoms with Crippen LogP contribution in [0.2, 0.25) is 0 Å². The maximum atomic E-state index is 6.19. The van der Waals surface area contributed by atoms with Gasteiger partial charge in [0.05, 0.1) is 5.69 Å². The number of fused-ring (bicyclic) bond motifs is 2. The van der Waals surface area contributed by atoms with Gasteiger partial charge in [-0.15, -0.1) is 0 Å². The van der Waals surface area contributed by atoms with Crippen molar-refractivity contribution >= 4 is 17.6 Å². The van der Waals surface area contributed by atoms with Crippen LogP contribution in [0, 0.1) is 0 Å². The Labute approximate surface area is 151 Å². The van der Waals surface area contributed by atoms with Crippen molar-refractivity contribution in [3.8, 4) is 0 Å². The Morgan fingerprint density at radius 2 is 1.75 bits per heavy atom. The molecule has 3 rings (SSSR count). The number of nitrogens with two attached hydrogens (primary N) is 1. The van der Waals surface area contributed by atoms with Gasteiger partial charge in [0.25, 0.3) is 0 Å². The second-order valence-electron chi connectivity index (χ2n) is 7.35. The summed E-state index contributed by atoms with van der Waals surface area (Å²) in [5, 5.41) is 0. The number of unbranched alkanes of at least 4 members (excludes halogenated alkanes) is 2. The summed E-state index contributed by atoms with van der Waals surface area (Å²) in [6.07, 6.45) is 13.7. The Hall–Kier alpha value is -0.710. The zero-order valence-electron chi connectivity index (χ0n) is 15.1. The molecule has 0 heterocycles. The van der Waals surface area contributed by atoms with E-state index < -0.39 is 0 Å². The lowest BCUT2D eigenvalue weighted by Crippen LogP contribution is -2.22. The van der Waals surface area contributed by atoms with Crippen LogP contribution >= 0.6 is 11.9 Å². The fraction of sp³-hybridized carbons (Fsp3) is 0.700. The molecule has 0 saturated carbocycles. The highest BCUT2D eigenvalue weighted by Crippen LogP contribution is 2.38. The monoisotopic (exact) mass is 347 g/mol.